The number of carbonyl (C=O) groups is 3. The monoisotopic (exact) mass is 855 g/mol. The molecule has 0 aromatic carbocycles. The van der Waals surface area contributed by atoms with Crippen LogP contribution in [0.1, 0.15) is 265 Å². The van der Waals surface area contributed by atoms with E-state index in [-0.39, 0.29) is 31.6 Å². The number of unbranched alkanes of at least 4 members (excludes halogenated alkanes) is 29. The summed E-state index contributed by atoms with van der Waals surface area (Å²) in [5.41, 5.74) is 0. The lowest BCUT2D eigenvalue weighted by Crippen LogP contribution is -2.30. The molecule has 0 spiro atoms. The molecule has 0 N–H and O–H groups in total. The molecule has 1 unspecified atom stereocenters. The van der Waals surface area contributed by atoms with Gasteiger partial charge >= 0.3 is 17.9 Å². The van der Waals surface area contributed by atoms with Gasteiger partial charge in [0.15, 0.2) is 6.10 Å². The number of hydrogen-bond acceptors (Lipinski definition) is 6. The molecule has 0 radical (unpaired) electrons. The van der Waals surface area contributed by atoms with Crippen LogP contribution in [0, 0.1) is 0 Å². The van der Waals surface area contributed by atoms with Crippen molar-refractivity contribution in [1.29, 1.82) is 0 Å². The van der Waals surface area contributed by atoms with Crippen molar-refractivity contribution in [2.45, 2.75) is 271 Å². The van der Waals surface area contributed by atoms with E-state index in [4.69, 9.17) is 14.2 Å². The van der Waals surface area contributed by atoms with E-state index in [0.717, 1.165) is 57.8 Å². The summed E-state index contributed by atoms with van der Waals surface area (Å²) in [6.07, 6.45) is 59.9. The van der Waals surface area contributed by atoms with Gasteiger partial charge in [-0.25, -0.2) is 0 Å². The van der Waals surface area contributed by atoms with Crippen LogP contribution in [0.4, 0.5) is 0 Å². The normalized spacial score (nSPS) is 12.4. The Morgan fingerprint density at radius 2 is 0.705 bits per heavy atom. The molecule has 0 aliphatic heterocycles. The summed E-state index contributed by atoms with van der Waals surface area (Å²) >= 11 is 0. The third kappa shape index (κ3) is 48.3. The first-order valence-corrected chi connectivity index (χ1v) is 26.1. The van der Waals surface area contributed by atoms with Gasteiger partial charge in [0.05, 0.1) is 6.42 Å². The van der Waals surface area contributed by atoms with E-state index < -0.39 is 12.1 Å². The molecule has 61 heavy (non-hydrogen) atoms. The van der Waals surface area contributed by atoms with E-state index in [1.807, 2.05) is 6.08 Å². The first-order chi connectivity index (χ1) is 30.0. The Labute approximate surface area is 378 Å². The molecular formula is C55H98O6. The topological polar surface area (TPSA) is 78.9 Å². The predicted molar refractivity (Wildman–Crippen MR) is 261 cm³/mol. The Hall–Kier alpha value is -2.63. The number of ether oxygens (including phenoxy) is 3. The number of esters is 3. The van der Waals surface area contributed by atoms with E-state index in [9.17, 15) is 14.4 Å². The van der Waals surface area contributed by atoms with Crippen molar-refractivity contribution in [1.82, 2.24) is 0 Å². The molecule has 0 aliphatic rings. The SMILES string of the molecule is CC/C=C\C/C=C\C/C=C\CC(=O)OCC(COC(=O)CCCCCCCCC/C=C\CCCCCCCC)OC(=O)CCCCCCCCCCCCCCCCCCC. The Bertz CT molecular complexity index is 1070. The van der Waals surface area contributed by atoms with Gasteiger partial charge in [-0.15, -0.1) is 0 Å². The Kier molecular flexibility index (Phi) is 47.9. The molecule has 0 aromatic heterocycles. The molecule has 354 valence electrons. The fourth-order valence-corrected chi connectivity index (χ4v) is 7.44. The van der Waals surface area contributed by atoms with E-state index in [2.05, 4.69) is 57.2 Å². The van der Waals surface area contributed by atoms with Crippen LogP contribution in [0.3, 0.4) is 0 Å². The third-order valence-corrected chi connectivity index (χ3v) is 11.4. The zero-order valence-corrected chi connectivity index (χ0v) is 40.4. The minimum absolute atomic E-state index is 0.0998. The van der Waals surface area contributed by atoms with Crippen LogP contribution in [0.15, 0.2) is 48.6 Å². The fraction of sp³-hybridized carbons (Fsp3) is 0.800. The second-order valence-corrected chi connectivity index (χ2v) is 17.4. The van der Waals surface area contributed by atoms with Gasteiger partial charge in [-0.2, -0.15) is 0 Å². The minimum Gasteiger partial charge on any atom is -0.462 e. The standard InChI is InChI=1S/C55H98O6/c1-4-7-10-13-16-19-21-23-25-27-29-31-33-36-39-42-45-48-54(57)60-51-52(50-59-53(56)47-44-41-38-35-18-15-12-9-6-3)61-55(58)49-46-43-40-37-34-32-30-28-26-24-22-20-17-14-11-8-5-2/h9,12,18,23,25,35,41,44,52H,4-8,10-11,13-17,19-22,24,26-34,36-40,42-43,45-51H2,1-3H3/b12-9-,25-23-,35-18-,44-41-. The zero-order valence-electron chi connectivity index (χ0n) is 40.4. The number of hydrogen-bond donors (Lipinski definition) is 0. The van der Waals surface area contributed by atoms with Crippen LogP contribution in [-0.4, -0.2) is 37.2 Å². The average molecular weight is 855 g/mol. The van der Waals surface area contributed by atoms with Gasteiger partial charge in [0.2, 0.25) is 0 Å². The number of carbonyl (C=O) groups excluding carboxylic acids is 3. The van der Waals surface area contributed by atoms with Crippen molar-refractivity contribution in [2.24, 2.45) is 0 Å². The summed E-state index contributed by atoms with van der Waals surface area (Å²) in [5, 5.41) is 0. The van der Waals surface area contributed by atoms with Gasteiger partial charge in [0.1, 0.15) is 13.2 Å². The summed E-state index contributed by atoms with van der Waals surface area (Å²) in [7, 11) is 0. The maximum absolute atomic E-state index is 12.8. The Morgan fingerprint density at radius 1 is 0.361 bits per heavy atom. The molecule has 0 amide bonds. The Balaban J connectivity index is 4.33. The molecule has 0 fully saturated rings. The van der Waals surface area contributed by atoms with Gasteiger partial charge < -0.3 is 14.2 Å². The van der Waals surface area contributed by atoms with Gasteiger partial charge in [0, 0.05) is 12.8 Å². The highest BCUT2D eigenvalue weighted by molar-refractivity contribution is 5.72. The molecule has 0 saturated carbocycles. The van der Waals surface area contributed by atoms with Crippen LogP contribution in [0.2, 0.25) is 0 Å². The van der Waals surface area contributed by atoms with Gasteiger partial charge in [-0.1, -0.05) is 236 Å². The number of rotatable bonds is 47. The predicted octanol–water partition coefficient (Wildman–Crippen LogP) is 17.1. The van der Waals surface area contributed by atoms with Gasteiger partial charge in [0.25, 0.3) is 0 Å². The smallest absolute Gasteiger partial charge is 0.309 e. The van der Waals surface area contributed by atoms with Crippen molar-refractivity contribution in [3.05, 3.63) is 48.6 Å². The first-order valence-electron chi connectivity index (χ1n) is 26.1. The third-order valence-electron chi connectivity index (χ3n) is 11.4. The second-order valence-electron chi connectivity index (χ2n) is 17.4. The molecule has 0 rings (SSSR count). The first kappa shape index (κ1) is 58.4. The number of allylic oxidation sites excluding steroid dienone is 7. The summed E-state index contributed by atoms with van der Waals surface area (Å²) in [4.78, 5) is 37.8. The van der Waals surface area contributed by atoms with E-state index in [1.165, 1.54) is 167 Å². The quantitative estimate of drug-likeness (QED) is 0.0263. The maximum atomic E-state index is 12.8. The second kappa shape index (κ2) is 50.0. The van der Waals surface area contributed by atoms with Crippen LogP contribution >= 0.6 is 0 Å². The summed E-state index contributed by atoms with van der Waals surface area (Å²) in [6, 6.07) is 0. The molecule has 0 saturated heterocycles. The summed E-state index contributed by atoms with van der Waals surface area (Å²) in [5.74, 6) is -1.02. The largest absolute Gasteiger partial charge is 0.462 e. The van der Waals surface area contributed by atoms with Crippen LogP contribution < -0.4 is 0 Å². The highest BCUT2D eigenvalue weighted by Crippen LogP contribution is 2.16. The van der Waals surface area contributed by atoms with Gasteiger partial charge in [-0.05, 0) is 57.8 Å². The molecule has 6 heteroatoms. The van der Waals surface area contributed by atoms with Crippen molar-refractivity contribution in [3.63, 3.8) is 0 Å². The Morgan fingerprint density at radius 3 is 1.13 bits per heavy atom. The van der Waals surface area contributed by atoms with E-state index >= 15 is 0 Å². The van der Waals surface area contributed by atoms with Gasteiger partial charge in [-0.3, -0.25) is 14.4 Å². The molecule has 0 aliphatic carbocycles. The van der Waals surface area contributed by atoms with Crippen molar-refractivity contribution < 1.29 is 28.6 Å². The molecular weight excluding hydrogens is 757 g/mol. The molecule has 1 atom stereocenters. The summed E-state index contributed by atoms with van der Waals surface area (Å²) < 4.78 is 16.7. The lowest BCUT2D eigenvalue weighted by atomic mass is 10.0. The van der Waals surface area contributed by atoms with E-state index in [0.29, 0.717) is 12.8 Å². The fourth-order valence-electron chi connectivity index (χ4n) is 7.44. The highest BCUT2D eigenvalue weighted by Gasteiger charge is 2.19. The summed E-state index contributed by atoms with van der Waals surface area (Å²) in [6.45, 7) is 6.44. The molecule has 0 heterocycles. The van der Waals surface area contributed by atoms with E-state index in [1.54, 1.807) is 6.08 Å². The van der Waals surface area contributed by atoms with Crippen LogP contribution in [0.5, 0.6) is 0 Å². The maximum Gasteiger partial charge on any atom is 0.309 e. The van der Waals surface area contributed by atoms with Crippen molar-refractivity contribution >= 4 is 17.9 Å². The lowest BCUT2D eigenvalue weighted by molar-refractivity contribution is -0.166. The lowest BCUT2D eigenvalue weighted by Gasteiger charge is -2.18. The zero-order chi connectivity index (χ0) is 44.4. The minimum atomic E-state index is -0.806. The molecule has 0 aromatic rings. The van der Waals surface area contributed by atoms with Crippen molar-refractivity contribution in [3.8, 4) is 0 Å². The average Bonchev–Trinajstić information content (AvgIpc) is 3.26. The molecule has 6 nitrogen and oxygen atoms in total. The highest BCUT2D eigenvalue weighted by atomic mass is 16.6. The van der Waals surface area contributed by atoms with Crippen molar-refractivity contribution in [2.75, 3.05) is 13.2 Å². The van der Waals surface area contributed by atoms with Crippen LogP contribution in [-0.2, 0) is 28.6 Å². The molecule has 0 bridgehead atoms. The van der Waals surface area contributed by atoms with Crippen LogP contribution in [0.25, 0.3) is 0 Å².